The van der Waals surface area contributed by atoms with Crippen molar-refractivity contribution in [1.82, 2.24) is 15.8 Å². The topological polar surface area (TPSA) is 87.7 Å². The van der Waals surface area contributed by atoms with Crippen LogP contribution in [-0.4, -0.2) is 35.3 Å². The number of carbonyl (C=O) groups is 3. The lowest BCUT2D eigenvalue weighted by Gasteiger charge is -2.17. The monoisotopic (exact) mass is 399 g/mol. The number of hydrazine groups is 1. The molecule has 1 atom stereocenters. The fourth-order valence-corrected chi connectivity index (χ4v) is 2.97. The van der Waals surface area contributed by atoms with E-state index >= 15 is 0 Å². The molecule has 3 rings (SSSR count). The van der Waals surface area contributed by atoms with E-state index < -0.39 is 23.7 Å². The van der Waals surface area contributed by atoms with Crippen LogP contribution in [0, 0.1) is 5.82 Å². The molecule has 0 bridgehead atoms. The van der Waals surface area contributed by atoms with E-state index in [-0.39, 0.29) is 5.91 Å². The van der Waals surface area contributed by atoms with Gasteiger partial charge in [0.05, 0.1) is 0 Å². The van der Waals surface area contributed by atoms with Crippen LogP contribution >= 0.6 is 0 Å². The Balaban J connectivity index is 1.51. The normalized spacial score (nSPS) is 14.4. The molecule has 2 N–H and O–H groups in total. The standard InChI is InChI=1S/C21H22FN3O4/c1-14(29-18-9-7-17(22)8-10-18)20(27)23-24-21(28)16-5-2-4-15(12-16)13-25-11-3-6-19(25)26/h2,4-5,7-10,12,14H,3,6,11,13H2,1H3,(H,23,27)(H,24,28)/t14-/m1/s1. The SMILES string of the molecule is C[C@@H](Oc1ccc(F)cc1)C(=O)NNC(=O)c1cccc(CN2CCCC2=O)c1. The summed E-state index contributed by atoms with van der Waals surface area (Å²) in [5.74, 6) is -0.992. The Morgan fingerprint density at radius 3 is 2.62 bits per heavy atom. The van der Waals surface area contributed by atoms with Crippen molar-refractivity contribution in [3.05, 3.63) is 65.5 Å². The molecule has 1 fully saturated rings. The Morgan fingerprint density at radius 1 is 1.17 bits per heavy atom. The van der Waals surface area contributed by atoms with Gasteiger partial charge in [0.15, 0.2) is 6.10 Å². The van der Waals surface area contributed by atoms with Crippen molar-refractivity contribution in [2.75, 3.05) is 6.54 Å². The van der Waals surface area contributed by atoms with Crippen molar-refractivity contribution >= 4 is 17.7 Å². The van der Waals surface area contributed by atoms with Crippen LogP contribution in [0.15, 0.2) is 48.5 Å². The molecule has 0 aromatic heterocycles. The summed E-state index contributed by atoms with van der Waals surface area (Å²) in [6.07, 6.45) is 0.515. The van der Waals surface area contributed by atoms with Crippen LogP contribution in [0.1, 0.15) is 35.7 Å². The minimum atomic E-state index is -0.895. The van der Waals surface area contributed by atoms with E-state index in [1.165, 1.54) is 31.2 Å². The second-order valence-corrected chi connectivity index (χ2v) is 6.78. The molecule has 0 saturated carbocycles. The number of nitrogens with zero attached hydrogens (tertiary/aromatic N) is 1. The van der Waals surface area contributed by atoms with Crippen LogP contribution in [0.4, 0.5) is 4.39 Å². The van der Waals surface area contributed by atoms with Crippen LogP contribution in [-0.2, 0) is 16.1 Å². The molecule has 152 valence electrons. The average Bonchev–Trinajstić information content (AvgIpc) is 3.12. The van der Waals surface area contributed by atoms with E-state index in [1.54, 1.807) is 23.1 Å². The maximum Gasteiger partial charge on any atom is 0.279 e. The predicted octanol–water partition coefficient (Wildman–Crippen LogP) is 2.18. The smallest absolute Gasteiger partial charge is 0.279 e. The summed E-state index contributed by atoms with van der Waals surface area (Å²) in [6.45, 7) is 2.69. The van der Waals surface area contributed by atoms with Gasteiger partial charge in [-0.05, 0) is 55.3 Å². The van der Waals surface area contributed by atoms with Gasteiger partial charge in [0, 0.05) is 25.1 Å². The van der Waals surface area contributed by atoms with Gasteiger partial charge < -0.3 is 9.64 Å². The van der Waals surface area contributed by atoms with Gasteiger partial charge in [-0.3, -0.25) is 25.2 Å². The molecule has 1 aliphatic rings. The quantitative estimate of drug-likeness (QED) is 0.729. The Hall–Kier alpha value is -3.42. The van der Waals surface area contributed by atoms with Gasteiger partial charge in [0.1, 0.15) is 11.6 Å². The third-order valence-corrected chi connectivity index (χ3v) is 4.53. The first-order chi connectivity index (χ1) is 13.9. The van der Waals surface area contributed by atoms with Crippen LogP contribution in [0.3, 0.4) is 0 Å². The summed E-state index contributed by atoms with van der Waals surface area (Å²) in [6, 6.07) is 12.2. The zero-order chi connectivity index (χ0) is 20.8. The summed E-state index contributed by atoms with van der Waals surface area (Å²) in [5.41, 5.74) is 5.86. The predicted molar refractivity (Wildman–Crippen MR) is 103 cm³/mol. The largest absolute Gasteiger partial charge is 0.481 e. The number of hydrogen-bond donors (Lipinski definition) is 2. The highest BCUT2D eigenvalue weighted by Crippen LogP contribution is 2.15. The van der Waals surface area contributed by atoms with E-state index in [4.69, 9.17) is 4.74 Å². The van der Waals surface area contributed by atoms with Crippen molar-refractivity contribution in [2.24, 2.45) is 0 Å². The number of likely N-dealkylation sites (tertiary alicyclic amines) is 1. The molecule has 3 amide bonds. The maximum absolute atomic E-state index is 12.9. The third kappa shape index (κ3) is 5.54. The summed E-state index contributed by atoms with van der Waals surface area (Å²) >= 11 is 0. The Kier molecular flexibility index (Phi) is 6.43. The fourth-order valence-electron chi connectivity index (χ4n) is 2.97. The van der Waals surface area contributed by atoms with Crippen LogP contribution in [0.25, 0.3) is 0 Å². The van der Waals surface area contributed by atoms with Crippen molar-refractivity contribution in [2.45, 2.75) is 32.4 Å². The number of amides is 3. The van der Waals surface area contributed by atoms with Crippen molar-refractivity contribution in [1.29, 1.82) is 0 Å². The molecule has 1 aliphatic heterocycles. The number of ether oxygens (including phenoxy) is 1. The number of carbonyl (C=O) groups excluding carboxylic acids is 3. The summed E-state index contributed by atoms with van der Waals surface area (Å²) in [7, 11) is 0. The summed E-state index contributed by atoms with van der Waals surface area (Å²) < 4.78 is 18.3. The molecule has 1 saturated heterocycles. The summed E-state index contributed by atoms with van der Waals surface area (Å²) in [4.78, 5) is 38.0. The molecule has 0 radical (unpaired) electrons. The van der Waals surface area contributed by atoms with Gasteiger partial charge in [-0.1, -0.05) is 12.1 Å². The van der Waals surface area contributed by atoms with Crippen molar-refractivity contribution < 1.29 is 23.5 Å². The summed E-state index contributed by atoms with van der Waals surface area (Å²) in [5, 5.41) is 0. The minimum absolute atomic E-state index is 0.113. The number of rotatable bonds is 6. The first-order valence-electron chi connectivity index (χ1n) is 9.31. The van der Waals surface area contributed by atoms with Crippen LogP contribution in [0.5, 0.6) is 5.75 Å². The Morgan fingerprint density at radius 2 is 1.93 bits per heavy atom. The molecular formula is C21H22FN3O4. The van der Waals surface area contributed by atoms with E-state index in [0.29, 0.717) is 24.3 Å². The molecule has 29 heavy (non-hydrogen) atoms. The highest BCUT2D eigenvalue weighted by molar-refractivity contribution is 5.95. The molecule has 8 heteroatoms. The second-order valence-electron chi connectivity index (χ2n) is 6.78. The van der Waals surface area contributed by atoms with Gasteiger partial charge in [0.2, 0.25) is 5.91 Å². The van der Waals surface area contributed by atoms with Gasteiger partial charge in [-0.25, -0.2) is 4.39 Å². The lowest BCUT2D eigenvalue weighted by Crippen LogP contribution is -2.47. The zero-order valence-electron chi connectivity index (χ0n) is 16.0. The lowest BCUT2D eigenvalue weighted by molar-refractivity contribution is -0.128. The van der Waals surface area contributed by atoms with E-state index in [9.17, 15) is 18.8 Å². The zero-order valence-corrected chi connectivity index (χ0v) is 16.0. The van der Waals surface area contributed by atoms with Gasteiger partial charge in [-0.2, -0.15) is 0 Å². The Bertz CT molecular complexity index is 901. The van der Waals surface area contributed by atoms with Crippen molar-refractivity contribution in [3.8, 4) is 5.75 Å². The number of benzene rings is 2. The minimum Gasteiger partial charge on any atom is -0.481 e. The van der Waals surface area contributed by atoms with Crippen LogP contribution < -0.4 is 15.6 Å². The van der Waals surface area contributed by atoms with E-state index in [1.807, 2.05) is 6.07 Å². The molecule has 0 unspecified atom stereocenters. The number of nitrogens with one attached hydrogen (secondary N) is 2. The number of halogens is 1. The first kappa shape index (κ1) is 20.3. The molecule has 2 aromatic rings. The molecule has 0 aliphatic carbocycles. The van der Waals surface area contributed by atoms with Gasteiger partial charge >= 0.3 is 0 Å². The molecule has 7 nitrogen and oxygen atoms in total. The maximum atomic E-state index is 12.9. The fraction of sp³-hybridized carbons (Fsp3) is 0.286. The first-order valence-corrected chi connectivity index (χ1v) is 9.31. The third-order valence-electron chi connectivity index (χ3n) is 4.53. The highest BCUT2D eigenvalue weighted by atomic mass is 19.1. The Labute approximate surface area is 167 Å². The van der Waals surface area contributed by atoms with Crippen molar-refractivity contribution in [3.63, 3.8) is 0 Å². The molecule has 0 spiro atoms. The van der Waals surface area contributed by atoms with Crippen LogP contribution in [0.2, 0.25) is 0 Å². The van der Waals surface area contributed by atoms with Gasteiger partial charge in [0.25, 0.3) is 11.8 Å². The van der Waals surface area contributed by atoms with Gasteiger partial charge in [-0.15, -0.1) is 0 Å². The number of hydrogen-bond acceptors (Lipinski definition) is 4. The molecule has 2 aromatic carbocycles. The molecular weight excluding hydrogens is 377 g/mol. The molecule has 1 heterocycles. The lowest BCUT2D eigenvalue weighted by atomic mass is 10.1. The van der Waals surface area contributed by atoms with E-state index in [2.05, 4.69) is 10.9 Å². The van der Waals surface area contributed by atoms with E-state index in [0.717, 1.165) is 18.5 Å². The second kappa shape index (κ2) is 9.18. The highest BCUT2D eigenvalue weighted by Gasteiger charge is 2.20. The average molecular weight is 399 g/mol.